The lowest BCUT2D eigenvalue weighted by Crippen LogP contribution is -2.37. The summed E-state index contributed by atoms with van der Waals surface area (Å²) in [5, 5.41) is 3.19. The zero-order chi connectivity index (χ0) is 14.4. The van der Waals surface area contributed by atoms with Gasteiger partial charge in [0, 0.05) is 13.2 Å². The summed E-state index contributed by atoms with van der Waals surface area (Å²) in [6.07, 6.45) is 2.28. The van der Waals surface area contributed by atoms with Crippen LogP contribution in [0.5, 0.6) is 5.75 Å². The fourth-order valence-electron chi connectivity index (χ4n) is 2.39. The molecule has 1 aromatic carbocycles. The lowest BCUT2D eigenvalue weighted by atomic mass is 10.1. The van der Waals surface area contributed by atoms with Gasteiger partial charge in [-0.3, -0.25) is 10.1 Å². The third-order valence-corrected chi connectivity index (χ3v) is 3.36. The van der Waals surface area contributed by atoms with Gasteiger partial charge in [-0.1, -0.05) is 12.1 Å². The maximum Gasteiger partial charge on any atom is 0.239 e. The largest absolute Gasteiger partial charge is 0.494 e. The molecule has 5 nitrogen and oxygen atoms in total. The molecular formula is C15H22N2O3. The van der Waals surface area contributed by atoms with Crippen molar-refractivity contribution >= 4 is 5.91 Å². The number of ether oxygens (including phenoxy) is 2. The zero-order valence-electron chi connectivity index (χ0n) is 11.8. The van der Waals surface area contributed by atoms with Crippen molar-refractivity contribution in [1.82, 2.24) is 5.32 Å². The second kappa shape index (κ2) is 7.26. The number of benzene rings is 1. The molecule has 2 atom stereocenters. The maximum absolute atomic E-state index is 11.7. The van der Waals surface area contributed by atoms with Crippen molar-refractivity contribution < 1.29 is 14.3 Å². The van der Waals surface area contributed by atoms with Gasteiger partial charge in [0.2, 0.25) is 5.91 Å². The van der Waals surface area contributed by atoms with Gasteiger partial charge in [-0.25, -0.2) is 0 Å². The molecule has 0 bridgehead atoms. The number of rotatable bonds is 7. The molecule has 1 saturated heterocycles. The van der Waals surface area contributed by atoms with Gasteiger partial charge >= 0.3 is 0 Å². The summed E-state index contributed by atoms with van der Waals surface area (Å²) < 4.78 is 11.0. The quantitative estimate of drug-likeness (QED) is 0.790. The van der Waals surface area contributed by atoms with Crippen LogP contribution in [0.4, 0.5) is 0 Å². The summed E-state index contributed by atoms with van der Waals surface area (Å²) in [5.74, 6) is 0.354. The summed E-state index contributed by atoms with van der Waals surface area (Å²) in [6.45, 7) is 3.95. The van der Waals surface area contributed by atoms with Crippen molar-refractivity contribution in [1.29, 1.82) is 0 Å². The average Bonchev–Trinajstić information content (AvgIpc) is 2.93. The molecule has 5 heteroatoms. The maximum atomic E-state index is 11.7. The minimum absolute atomic E-state index is 0.173. The van der Waals surface area contributed by atoms with Crippen LogP contribution >= 0.6 is 0 Å². The highest BCUT2D eigenvalue weighted by Gasteiger charge is 2.21. The molecule has 1 aliphatic heterocycles. The number of carbonyl (C=O) groups excluding carboxylic acids is 1. The van der Waals surface area contributed by atoms with Crippen molar-refractivity contribution in [3.05, 3.63) is 29.8 Å². The van der Waals surface area contributed by atoms with E-state index in [0.717, 1.165) is 30.8 Å². The second-order valence-electron chi connectivity index (χ2n) is 4.88. The van der Waals surface area contributed by atoms with Crippen molar-refractivity contribution in [2.45, 2.75) is 31.9 Å². The van der Waals surface area contributed by atoms with E-state index >= 15 is 0 Å². The van der Waals surface area contributed by atoms with E-state index in [1.807, 2.05) is 31.2 Å². The molecule has 0 aliphatic carbocycles. The minimum Gasteiger partial charge on any atom is -0.494 e. The summed E-state index contributed by atoms with van der Waals surface area (Å²) in [6, 6.07) is 6.94. The molecule has 2 unspecified atom stereocenters. The molecule has 3 N–H and O–H groups in total. The lowest BCUT2D eigenvalue weighted by molar-refractivity contribution is -0.120. The van der Waals surface area contributed by atoms with Gasteiger partial charge in [-0.15, -0.1) is 0 Å². The van der Waals surface area contributed by atoms with Gasteiger partial charge in [0.1, 0.15) is 11.8 Å². The fraction of sp³-hybridized carbons (Fsp3) is 0.533. The molecule has 1 amide bonds. The Kier molecular flexibility index (Phi) is 5.38. The van der Waals surface area contributed by atoms with Gasteiger partial charge < -0.3 is 15.2 Å². The Morgan fingerprint density at radius 1 is 1.60 bits per heavy atom. The van der Waals surface area contributed by atoms with E-state index in [0.29, 0.717) is 13.2 Å². The third kappa shape index (κ3) is 3.95. The van der Waals surface area contributed by atoms with Gasteiger partial charge in [-0.05, 0) is 37.5 Å². The standard InChI is InChI=1S/C15H22N2O3/c1-2-19-12-6-3-5-11(9-12)14(15(16)18)17-10-13-7-4-8-20-13/h3,5-6,9,13-14,17H,2,4,7-8,10H2,1H3,(H2,16,18). The minimum atomic E-state index is -0.514. The summed E-state index contributed by atoms with van der Waals surface area (Å²) >= 11 is 0. The monoisotopic (exact) mass is 278 g/mol. The number of hydrogen-bond acceptors (Lipinski definition) is 4. The molecule has 0 aromatic heterocycles. The van der Waals surface area contributed by atoms with Crippen LogP contribution in [0.15, 0.2) is 24.3 Å². The number of hydrogen-bond donors (Lipinski definition) is 2. The van der Waals surface area contributed by atoms with Crippen LogP contribution in [-0.2, 0) is 9.53 Å². The molecule has 0 spiro atoms. The lowest BCUT2D eigenvalue weighted by Gasteiger charge is -2.19. The molecule has 1 heterocycles. The van der Waals surface area contributed by atoms with Crippen LogP contribution in [0.3, 0.4) is 0 Å². The average molecular weight is 278 g/mol. The highest BCUT2D eigenvalue weighted by atomic mass is 16.5. The van der Waals surface area contributed by atoms with E-state index < -0.39 is 11.9 Å². The molecule has 1 aromatic rings. The highest BCUT2D eigenvalue weighted by molar-refractivity contribution is 5.81. The third-order valence-electron chi connectivity index (χ3n) is 3.36. The first-order valence-corrected chi connectivity index (χ1v) is 7.07. The van der Waals surface area contributed by atoms with Crippen LogP contribution in [-0.4, -0.2) is 31.8 Å². The molecule has 0 radical (unpaired) electrons. The first-order valence-electron chi connectivity index (χ1n) is 7.07. The van der Waals surface area contributed by atoms with Gasteiger partial charge in [-0.2, -0.15) is 0 Å². The Hall–Kier alpha value is -1.59. The van der Waals surface area contributed by atoms with E-state index in [2.05, 4.69) is 5.32 Å². The first kappa shape index (κ1) is 14.8. The molecule has 2 rings (SSSR count). The predicted octanol–water partition coefficient (Wildman–Crippen LogP) is 1.38. The van der Waals surface area contributed by atoms with E-state index in [1.165, 1.54) is 0 Å². The Labute approximate surface area is 119 Å². The molecule has 0 saturated carbocycles. The normalized spacial score (nSPS) is 19.8. The summed E-state index contributed by atoms with van der Waals surface area (Å²) in [5.41, 5.74) is 6.32. The number of carbonyl (C=O) groups is 1. The number of primary amides is 1. The van der Waals surface area contributed by atoms with Crippen LogP contribution < -0.4 is 15.8 Å². The highest BCUT2D eigenvalue weighted by Crippen LogP contribution is 2.20. The van der Waals surface area contributed by atoms with Crippen LogP contribution in [0.1, 0.15) is 31.4 Å². The number of amides is 1. The van der Waals surface area contributed by atoms with Gasteiger partial charge in [0.05, 0.1) is 12.7 Å². The topological polar surface area (TPSA) is 73.6 Å². The Bertz CT molecular complexity index is 444. The summed E-state index contributed by atoms with van der Waals surface area (Å²) in [7, 11) is 0. The summed E-state index contributed by atoms with van der Waals surface area (Å²) in [4.78, 5) is 11.7. The van der Waals surface area contributed by atoms with Gasteiger partial charge in [0.15, 0.2) is 0 Å². The Morgan fingerprint density at radius 3 is 3.10 bits per heavy atom. The SMILES string of the molecule is CCOc1cccc(C(NCC2CCCO2)C(N)=O)c1. The molecule has 110 valence electrons. The van der Waals surface area contributed by atoms with E-state index in [4.69, 9.17) is 15.2 Å². The fourth-order valence-corrected chi connectivity index (χ4v) is 2.39. The van der Waals surface area contributed by atoms with Crippen LogP contribution in [0, 0.1) is 0 Å². The van der Waals surface area contributed by atoms with Crippen molar-refractivity contribution in [3.63, 3.8) is 0 Å². The first-order chi connectivity index (χ1) is 9.70. The van der Waals surface area contributed by atoms with Crippen LogP contribution in [0.2, 0.25) is 0 Å². The molecule has 1 fully saturated rings. The van der Waals surface area contributed by atoms with Crippen LogP contribution in [0.25, 0.3) is 0 Å². The molecular weight excluding hydrogens is 256 g/mol. The zero-order valence-corrected chi connectivity index (χ0v) is 11.8. The number of nitrogens with one attached hydrogen (secondary N) is 1. The predicted molar refractivity (Wildman–Crippen MR) is 76.5 cm³/mol. The Morgan fingerprint density at radius 2 is 2.45 bits per heavy atom. The van der Waals surface area contributed by atoms with Crippen molar-refractivity contribution in [2.24, 2.45) is 5.73 Å². The van der Waals surface area contributed by atoms with E-state index in [-0.39, 0.29) is 6.10 Å². The van der Waals surface area contributed by atoms with Gasteiger partial charge in [0.25, 0.3) is 0 Å². The number of nitrogens with two attached hydrogens (primary N) is 1. The van der Waals surface area contributed by atoms with Crippen molar-refractivity contribution in [3.8, 4) is 5.75 Å². The van der Waals surface area contributed by atoms with E-state index in [9.17, 15) is 4.79 Å². The van der Waals surface area contributed by atoms with Crippen molar-refractivity contribution in [2.75, 3.05) is 19.8 Å². The molecule has 20 heavy (non-hydrogen) atoms. The molecule has 1 aliphatic rings. The van der Waals surface area contributed by atoms with E-state index in [1.54, 1.807) is 0 Å². The Balaban J connectivity index is 2.03. The smallest absolute Gasteiger partial charge is 0.239 e. The second-order valence-corrected chi connectivity index (χ2v) is 4.88.